The Bertz CT molecular complexity index is 741. The molecule has 0 aliphatic carbocycles. The van der Waals surface area contributed by atoms with Crippen molar-refractivity contribution in [1.82, 2.24) is 9.55 Å². The van der Waals surface area contributed by atoms with E-state index in [1.165, 1.54) is 16.8 Å². The van der Waals surface area contributed by atoms with E-state index in [1.807, 2.05) is 6.92 Å². The van der Waals surface area contributed by atoms with Gasteiger partial charge in [-0.15, -0.1) is 0 Å². The molecule has 0 unspecified atom stereocenters. The summed E-state index contributed by atoms with van der Waals surface area (Å²) >= 11 is 0. The number of aryl methyl sites for hydroxylation is 1. The summed E-state index contributed by atoms with van der Waals surface area (Å²) in [6.07, 6.45) is 3.23. The van der Waals surface area contributed by atoms with Crippen LogP contribution < -0.4 is 11.4 Å². The van der Waals surface area contributed by atoms with E-state index < -0.39 is 5.82 Å². The predicted octanol–water partition coefficient (Wildman–Crippen LogP) is 1.05. The second-order valence-corrected chi connectivity index (χ2v) is 4.36. The lowest BCUT2D eigenvalue weighted by Gasteiger charge is -2.06. The van der Waals surface area contributed by atoms with Gasteiger partial charge in [0.05, 0.1) is 18.7 Å². The van der Waals surface area contributed by atoms with Crippen molar-refractivity contribution in [2.45, 2.75) is 13.5 Å². The lowest BCUT2D eigenvalue weighted by molar-refractivity contribution is 0.622. The highest BCUT2D eigenvalue weighted by molar-refractivity contribution is 5.38. The van der Waals surface area contributed by atoms with Gasteiger partial charge in [-0.1, -0.05) is 17.9 Å². The number of hydrogen-bond donors (Lipinski definition) is 1. The normalized spacial score (nSPS) is 9.95. The smallest absolute Gasteiger partial charge is 0.320 e. The molecular weight excluding hydrogens is 257 g/mol. The molecule has 0 amide bonds. The average Bonchev–Trinajstić information content (AvgIpc) is 2.43. The molecule has 0 aliphatic heterocycles. The summed E-state index contributed by atoms with van der Waals surface area (Å²) in [7, 11) is 0. The Morgan fingerprint density at radius 2 is 2.25 bits per heavy atom. The lowest BCUT2D eigenvalue weighted by Crippen LogP contribution is -2.22. The zero-order valence-corrected chi connectivity index (χ0v) is 11.1. The monoisotopic (exact) mass is 271 g/mol. The maximum absolute atomic E-state index is 13.6. The van der Waals surface area contributed by atoms with Crippen LogP contribution in [0.25, 0.3) is 0 Å². The van der Waals surface area contributed by atoms with E-state index in [-0.39, 0.29) is 17.8 Å². The third kappa shape index (κ3) is 3.31. The van der Waals surface area contributed by atoms with Crippen LogP contribution in [0.2, 0.25) is 0 Å². The van der Waals surface area contributed by atoms with Gasteiger partial charge in [-0.25, -0.2) is 14.2 Å². The lowest BCUT2D eigenvalue weighted by atomic mass is 10.1. The van der Waals surface area contributed by atoms with Crippen LogP contribution in [0.5, 0.6) is 0 Å². The molecule has 1 aromatic carbocycles. The van der Waals surface area contributed by atoms with Gasteiger partial charge in [0.25, 0.3) is 0 Å². The Kier molecular flexibility index (Phi) is 4.28. The Morgan fingerprint density at radius 3 is 3.00 bits per heavy atom. The van der Waals surface area contributed by atoms with E-state index in [0.29, 0.717) is 6.54 Å². The number of rotatable bonds is 2. The summed E-state index contributed by atoms with van der Waals surface area (Å²) in [5.41, 5.74) is 6.88. The Labute approximate surface area is 116 Å². The molecule has 0 saturated carbocycles. The molecular formula is C15H14FN3O. The molecule has 2 rings (SSSR count). The fraction of sp³-hybridized carbons (Fsp3) is 0.200. The predicted molar refractivity (Wildman–Crippen MR) is 74.7 cm³/mol. The highest BCUT2D eigenvalue weighted by Crippen LogP contribution is 2.10. The summed E-state index contributed by atoms with van der Waals surface area (Å²) in [4.78, 5) is 15.4. The molecule has 1 aromatic heterocycles. The van der Waals surface area contributed by atoms with Gasteiger partial charge >= 0.3 is 5.69 Å². The van der Waals surface area contributed by atoms with Crippen LogP contribution in [-0.2, 0) is 6.54 Å². The standard InChI is InChI=1S/C15H14FN3O/c1-11-8-18-15(20)19(9-11)10-12-4-5-14(16)13(7-12)3-2-6-17/h4-5,7-9H,6,10,17H2,1H3. The van der Waals surface area contributed by atoms with Gasteiger partial charge < -0.3 is 5.73 Å². The maximum Gasteiger partial charge on any atom is 0.347 e. The molecule has 2 aromatic rings. The minimum absolute atomic E-state index is 0.172. The van der Waals surface area contributed by atoms with E-state index in [1.54, 1.807) is 18.3 Å². The molecule has 0 bridgehead atoms. The van der Waals surface area contributed by atoms with E-state index in [0.717, 1.165) is 11.1 Å². The van der Waals surface area contributed by atoms with Gasteiger partial charge in [0.2, 0.25) is 0 Å². The van der Waals surface area contributed by atoms with Gasteiger partial charge in [-0.3, -0.25) is 4.57 Å². The SMILES string of the molecule is Cc1cnc(=O)n(Cc2ccc(F)c(C#CCN)c2)c1. The molecule has 1 heterocycles. The molecule has 5 heteroatoms. The summed E-state index contributed by atoms with van der Waals surface area (Å²) in [6, 6.07) is 4.58. The highest BCUT2D eigenvalue weighted by atomic mass is 19.1. The third-order valence-corrected chi connectivity index (χ3v) is 2.69. The first-order chi connectivity index (χ1) is 9.60. The number of halogens is 1. The summed E-state index contributed by atoms with van der Waals surface area (Å²) < 4.78 is 15.0. The minimum Gasteiger partial charge on any atom is -0.320 e. The molecule has 0 spiro atoms. The van der Waals surface area contributed by atoms with Crippen molar-refractivity contribution in [2.24, 2.45) is 5.73 Å². The molecule has 0 radical (unpaired) electrons. The first-order valence-corrected chi connectivity index (χ1v) is 6.10. The Hall–Kier alpha value is -2.45. The molecule has 20 heavy (non-hydrogen) atoms. The van der Waals surface area contributed by atoms with Crippen LogP contribution in [0, 0.1) is 24.6 Å². The fourth-order valence-corrected chi connectivity index (χ4v) is 1.79. The van der Waals surface area contributed by atoms with E-state index in [2.05, 4.69) is 16.8 Å². The van der Waals surface area contributed by atoms with Gasteiger partial charge in [-0.2, -0.15) is 0 Å². The minimum atomic E-state index is -0.399. The second-order valence-electron chi connectivity index (χ2n) is 4.36. The molecule has 4 nitrogen and oxygen atoms in total. The van der Waals surface area contributed by atoms with Crippen molar-refractivity contribution in [2.75, 3.05) is 6.54 Å². The van der Waals surface area contributed by atoms with E-state index in [4.69, 9.17) is 5.73 Å². The fourth-order valence-electron chi connectivity index (χ4n) is 1.79. The zero-order valence-electron chi connectivity index (χ0n) is 11.1. The first kappa shape index (κ1) is 14.0. The first-order valence-electron chi connectivity index (χ1n) is 6.10. The van der Waals surface area contributed by atoms with Crippen LogP contribution >= 0.6 is 0 Å². The maximum atomic E-state index is 13.6. The second kappa shape index (κ2) is 6.13. The summed E-state index contributed by atoms with van der Waals surface area (Å²) in [5.74, 6) is 4.89. The molecule has 0 atom stereocenters. The quantitative estimate of drug-likeness (QED) is 0.830. The van der Waals surface area contributed by atoms with E-state index >= 15 is 0 Å². The van der Waals surface area contributed by atoms with Crippen molar-refractivity contribution >= 4 is 0 Å². The molecule has 0 aliphatic rings. The van der Waals surface area contributed by atoms with Crippen molar-refractivity contribution in [3.05, 3.63) is 63.6 Å². The van der Waals surface area contributed by atoms with Gasteiger partial charge in [0, 0.05) is 12.4 Å². The topological polar surface area (TPSA) is 60.9 Å². The third-order valence-electron chi connectivity index (χ3n) is 2.69. The zero-order chi connectivity index (χ0) is 14.5. The van der Waals surface area contributed by atoms with Crippen molar-refractivity contribution in [1.29, 1.82) is 0 Å². The Morgan fingerprint density at radius 1 is 1.45 bits per heavy atom. The van der Waals surface area contributed by atoms with Crippen molar-refractivity contribution in [3.8, 4) is 11.8 Å². The van der Waals surface area contributed by atoms with Crippen molar-refractivity contribution < 1.29 is 4.39 Å². The average molecular weight is 271 g/mol. The number of nitrogens with zero attached hydrogens (tertiary/aromatic N) is 2. The number of hydrogen-bond acceptors (Lipinski definition) is 3. The largest absolute Gasteiger partial charge is 0.347 e. The number of benzene rings is 1. The van der Waals surface area contributed by atoms with Crippen LogP contribution in [-0.4, -0.2) is 16.1 Å². The van der Waals surface area contributed by atoms with Crippen LogP contribution in [0.15, 0.2) is 35.4 Å². The van der Waals surface area contributed by atoms with Crippen LogP contribution in [0.1, 0.15) is 16.7 Å². The van der Waals surface area contributed by atoms with Crippen LogP contribution in [0.4, 0.5) is 4.39 Å². The summed E-state index contributed by atoms with van der Waals surface area (Å²) in [5, 5.41) is 0. The van der Waals surface area contributed by atoms with Gasteiger partial charge in [0.15, 0.2) is 0 Å². The molecule has 0 saturated heterocycles. The van der Waals surface area contributed by atoms with Crippen LogP contribution in [0.3, 0.4) is 0 Å². The highest BCUT2D eigenvalue weighted by Gasteiger charge is 2.04. The molecule has 0 fully saturated rings. The number of aromatic nitrogens is 2. The van der Waals surface area contributed by atoms with Gasteiger partial charge in [-0.05, 0) is 30.2 Å². The van der Waals surface area contributed by atoms with Crippen molar-refractivity contribution in [3.63, 3.8) is 0 Å². The van der Waals surface area contributed by atoms with E-state index in [9.17, 15) is 9.18 Å². The molecule has 2 N–H and O–H groups in total. The number of nitrogens with two attached hydrogens (primary N) is 1. The van der Waals surface area contributed by atoms with Gasteiger partial charge in [0.1, 0.15) is 5.82 Å². The Balaban J connectivity index is 2.34. The molecule has 102 valence electrons. The summed E-state index contributed by atoms with van der Waals surface area (Å²) in [6.45, 7) is 2.35.